The van der Waals surface area contributed by atoms with Crippen LogP contribution < -0.4 is 0 Å². The Kier molecular flexibility index (Phi) is 6.63. The van der Waals surface area contributed by atoms with Gasteiger partial charge in [0.15, 0.2) is 0 Å². The van der Waals surface area contributed by atoms with Gasteiger partial charge in [-0.3, -0.25) is 0 Å². The molecular formula is C26H25ClN4O2S2. The first-order valence-electron chi connectivity index (χ1n) is 11.4. The quantitative estimate of drug-likeness (QED) is 0.466. The van der Waals surface area contributed by atoms with Crippen LogP contribution in [0.4, 0.5) is 0 Å². The zero-order valence-electron chi connectivity index (χ0n) is 19.2. The van der Waals surface area contributed by atoms with Crippen LogP contribution in [0.2, 0.25) is 5.02 Å². The molecule has 6 nitrogen and oxygen atoms in total. The molecule has 5 rings (SSSR count). The lowest BCUT2D eigenvalue weighted by atomic mass is 9.91. The predicted molar refractivity (Wildman–Crippen MR) is 144 cm³/mol. The topological polar surface area (TPSA) is 56.2 Å². The first-order chi connectivity index (χ1) is 16.8. The van der Waals surface area contributed by atoms with Gasteiger partial charge in [-0.15, -0.1) is 0 Å². The number of nitrogens with zero attached hydrogens (tertiary/aromatic N) is 4. The number of benzene rings is 3. The van der Waals surface area contributed by atoms with Gasteiger partial charge in [0, 0.05) is 31.1 Å². The number of thiocarbonyl (C=S) groups is 1. The summed E-state index contributed by atoms with van der Waals surface area (Å²) in [6.45, 7) is 1.19. The Morgan fingerprint density at radius 2 is 1.66 bits per heavy atom. The van der Waals surface area contributed by atoms with E-state index in [-0.39, 0.29) is 11.0 Å². The van der Waals surface area contributed by atoms with Gasteiger partial charge in [-0.05, 0) is 53.0 Å². The molecule has 0 amide bonds. The maximum atomic E-state index is 13.5. The molecule has 0 spiro atoms. The Morgan fingerprint density at radius 3 is 2.37 bits per heavy atom. The molecule has 1 atom stereocenters. The molecule has 0 aromatic heterocycles. The fourth-order valence-electron chi connectivity index (χ4n) is 4.55. The number of hydrogen-bond acceptors (Lipinski definition) is 4. The molecule has 180 valence electrons. The van der Waals surface area contributed by atoms with Crippen molar-refractivity contribution < 1.29 is 8.42 Å². The van der Waals surface area contributed by atoms with Crippen molar-refractivity contribution in [3.05, 3.63) is 106 Å². The van der Waals surface area contributed by atoms with E-state index < -0.39 is 10.2 Å². The van der Waals surface area contributed by atoms with Crippen LogP contribution in [0, 0.1) is 0 Å². The second-order valence-corrected chi connectivity index (χ2v) is 11.4. The Hall–Kier alpha value is -2.78. The van der Waals surface area contributed by atoms with E-state index in [0.717, 1.165) is 22.4 Å². The molecule has 2 aliphatic rings. The summed E-state index contributed by atoms with van der Waals surface area (Å²) in [7, 11) is -2.31. The van der Waals surface area contributed by atoms with E-state index in [1.54, 1.807) is 5.01 Å². The van der Waals surface area contributed by atoms with Gasteiger partial charge in [0.05, 0.1) is 12.3 Å². The van der Waals surface area contributed by atoms with Crippen LogP contribution in [-0.2, 0) is 23.2 Å². The summed E-state index contributed by atoms with van der Waals surface area (Å²) in [5.41, 5.74) is 5.05. The summed E-state index contributed by atoms with van der Waals surface area (Å²) in [6, 6.07) is 25.5. The molecule has 0 saturated carbocycles. The number of rotatable bonds is 4. The van der Waals surface area contributed by atoms with Gasteiger partial charge in [-0.25, -0.2) is 9.31 Å². The Labute approximate surface area is 216 Å². The monoisotopic (exact) mass is 524 g/mol. The largest absolute Gasteiger partial charge is 0.305 e. The van der Waals surface area contributed by atoms with Crippen molar-refractivity contribution in [2.75, 3.05) is 20.1 Å². The van der Waals surface area contributed by atoms with E-state index in [1.807, 2.05) is 72.8 Å². The summed E-state index contributed by atoms with van der Waals surface area (Å²) >= 11 is 11.8. The van der Waals surface area contributed by atoms with E-state index in [0.29, 0.717) is 31.1 Å². The van der Waals surface area contributed by atoms with Crippen molar-refractivity contribution in [3.8, 4) is 0 Å². The van der Waals surface area contributed by atoms with Gasteiger partial charge in [0.2, 0.25) is 5.11 Å². The highest BCUT2D eigenvalue weighted by molar-refractivity contribution is 7.89. The second-order valence-electron chi connectivity index (χ2n) is 8.65. The average Bonchev–Trinajstić information content (AvgIpc) is 3.34. The normalized spacial score (nSPS) is 18.2. The molecule has 9 heteroatoms. The highest BCUT2D eigenvalue weighted by Crippen LogP contribution is 2.31. The molecular weight excluding hydrogens is 500 g/mol. The van der Waals surface area contributed by atoms with Gasteiger partial charge in [-0.1, -0.05) is 78.3 Å². The molecule has 35 heavy (non-hydrogen) atoms. The minimum Gasteiger partial charge on any atom is -0.238 e. The summed E-state index contributed by atoms with van der Waals surface area (Å²) in [5.74, 6) is -0.0618. The predicted octanol–water partition coefficient (Wildman–Crippen LogP) is 4.66. The molecule has 3 aromatic rings. The molecule has 0 saturated heterocycles. The maximum Gasteiger partial charge on any atom is 0.305 e. The van der Waals surface area contributed by atoms with Gasteiger partial charge >= 0.3 is 10.2 Å². The van der Waals surface area contributed by atoms with Crippen LogP contribution in [0.5, 0.6) is 0 Å². The van der Waals surface area contributed by atoms with Gasteiger partial charge in [-0.2, -0.15) is 17.8 Å². The molecule has 2 heterocycles. The molecule has 3 aromatic carbocycles. The summed E-state index contributed by atoms with van der Waals surface area (Å²) < 4.78 is 29.7. The summed E-state index contributed by atoms with van der Waals surface area (Å²) in [4.78, 5) is 0. The molecule has 1 unspecified atom stereocenters. The number of halogens is 1. The van der Waals surface area contributed by atoms with Crippen LogP contribution in [0.15, 0.2) is 84.0 Å². The molecule has 0 N–H and O–H groups in total. The third-order valence-electron chi connectivity index (χ3n) is 6.51. The van der Waals surface area contributed by atoms with E-state index in [4.69, 9.17) is 28.9 Å². The van der Waals surface area contributed by atoms with Crippen molar-refractivity contribution in [1.29, 1.82) is 0 Å². The standard InChI is InChI=1S/C26H25ClN4O2S2/c1-29(35(32,33)30-16-15-19-7-5-6-10-22(19)17-30)26(34)31-18-24(20-8-3-2-4-9-20)25(28-31)21-11-13-23(27)14-12-21/h2-14,24H,15-18H2,1H3. The van der Waals surface area contributed by atoms with E-state index in [9.17, 15) is 8.42 Å². The fourth-order valence-corrected chi connectivity index (χ4v) is 6.34. The Morgan fingerprint density at radius 1 is 1.00 bits per heavy atom. The number of fused-ring (bicyclic) bond motifs is 1. The Bertz CT molecular complexity index is 1380. The first-order valence-corrected chi connectivity index (χ1v) is 13.5. The van der Waals surface area contributed by atoms with Crippen LogP contribution in [0.25, 0.3) is 0 Å². The van der Waals surface area contributed by atoms with Crippen molar-refractivity contribution in [2.24, 2.45) is 5.10 Å². The van der Waals surface area contributed by atoms with Gasteiger partial charge < -0.3 is 0 Å². The molecule has 0 aliphatic carbocycles. The van der Waals surface area contributed by atoms with Crippen LogP contribution in [0.1, 0.15) is 28.2 Å². The number of hydrogen-bond donors (Lipinski definition) is 0. The Balaban J connectivity index is 1.41. The van der Waals surface area contributed by atoms with Crippen molar-refractivity contribution in [1.82, 2.24) is 13.6 Å². The zero-order chi connectivity index (χ0) is 24.6. The van der Waals surface area contributed by atoms with Gasteiger partial charge in [0.1, 0.15) is 0 Å². The third kappa shape index (κ3) is 4.71. The zero-order valence-corrected chi connectivity index (χ0v) is 21.6. The lowest BCUT2D eigenvalue weighted by molar-refractivity contribution is 0.359. The highest BCUT2D eigenvalue weighted by atomic mass is 35.5. The lowest BCUT2D eigenvalue weighted by Crippen LogP contribution is -2.49. The minimum atomic E-state index is -3.81. The maximum absolute atomic E-state index is 13.5. The molecule has 0 fully saturated rings. The van der Waals surface area contributed by atoms with Crippen molar-refractivity contribution in [2.45, 2.75) is 18.9 Å². The van der Waals surface area contributed by atoms with E-state index in [1.165, 1.54) is 21.2 Å². The van der Waals surface area contributed by atoms with E-state index in [2.05, 4.69) is 6.07 Å². The summed E-state index contributed by atoms with van der Waals surface area (Å²) in [6.07, 6.45) is 0.675. The summed E-state index contributed by atoms with van der Waals surface area (Å²) in [5, 5.41) is 7.21. The lowest BCUT2D eigenvalue weighted by Gasteiger charge is -2.33. The van der Waals surface area contributed by atoms with Crippen LogP contribution >= 0.6 is 23.8 Å². The smallest absolute Gasteiger partial charge is 0.238 e. The third-order valence-corrected chi connectivity index (χ3v) is 9.20. The molecule has 2 aliphatic heterocycles. The minimum absolute atomic E-state index is 0.0618. The SMILES string of the molecule is CN(C(=S)N1CC(c2ccccc2)C(c2ccc(Cl)cc2)=N1)S(=O)(=O)N1CCc2ccccc2C1. The average molecular weight is 525 g/mol. The van der Waals surface area contributed by atoms with Crippen molar-refractivity contribution in [3.63, 3.8) is 0 Å². The highest BCUT2D eigenvalue weighted by Gasteiger charge is 2.37. The van der Waals surface area contributed by atoms with Crippen LogP contribution in [-0.4, -0.2) is 53.0 Å². The first kappa shape index (κ1) is 23.9. The van der Waals surface area contributed by atoms with Gasteiger partial charge in [0.25, 0.3) is 0 Å². The second kappa shape index (κ2) is 9.70. The van der Waals surface area contributed by atoms with E-state index >= 15 is 0 Å². The number of hydrazone groups is 1. The molecule has 0 radical (unpaired) electrons. The van der Waals surface area contributed by atoms with Crippen LogP contribution in [0.3, 0.4) is 0 Å². The molecule has 0 bridgehead atoms. The van der Waals surface area contributed by atoms with Crippen molar-refractivity contribution >= 4 is 44.9 Å². The fraction of sp³-hybridized carbons (Fsp3) is 0.231.